The minimum absolute atomic E-state index is 0.770. The van der Waals surface area contributed by atoms with Crippen LogP contribution in [0.1, 0.15) is 0 Å². The van der Waals surface area contributed by atoms with E-state index in [0.717, 1.165) is 17.6 Å². The van der Waals surface area contributed by atoms with E-state index in [1.54, 1.807) is 0 Å². The molecule has 0 aliphatic heterocycles. The van der Waals surface area contributed by atoms with Crippen LogP contribution in [0.2, 0.25) is 13.1 Å². The van der Waals surface area contributed by atoms with Gasteiger partial charge >= 0.3 is 0 Å². The zero-order valence-electron chi connectivity index (χ0n) is 7.85. The molecular formula is C7H20NOSi+. The summed E-state index contributed by atoms with van der Waals surface area (Å²) >= 11 is 0. The number of nitrogens with zero attached hydrogens (tertiary/aromatic N) is 1. The second kappa shape index (κ2) is 4.11. The number of likely N-dealkylation sites (N-methyl/N-ethyl adjacent to an activating group) is 1. The van der Waals surface area contributed by atoms with Crippen molar-refractivity contribution in [2.45, 2.75) is 13.1 Å². The first-order valence-corrected chi connectivity index (χ1v) is 6.62. The molecule has 0 N–H and O–H groups in total. The maximum absolute atomic E-state index is 5.54. The number of rotatable bonds is 4. The molecule has 62 valence electrons. The quantitative estimate of drug-likeness (QED) is 0.437. The Labute approximate surface area is 66.1 Å². The average molecular weight is 162 g/mol. The highest BCUT2D eigenvalue weighted by atomic mass is 28.3. The smallest absolute Gasteiger partial charge is 0.171 e. The van der Waals surface area contributed by atoms with Gasteiger partial charge in [0.2, 0.25) is 0 Å². The largest absolute Gasteiger partial charge is 0.415 e. The topological polar surface area (TPSA) is 9.23 Å². The summed E-state index contributed by atoms with van der Waals surface area (Å²) < 4.78 is 6.54. The molecule has 0 saturated heterocycles. The Bertz CT molecular complexity index is 88.1. The van der Waals surface area contributed by atoms with Gasteiger partial charge in [0.25, 0.3) is 0 Å². The van der Waals surface area contributed by atoms with E-state index in [9.17, 15) is 0 Å². The monoisotopic (exact) mass is 162 g/mol. The van der Waals surface area contributed by atoms with Crippen LogP contribution < -0.4 is 0 Å². The van der Waals surface area contributed by atoms with Gasteiger partial charge < -0.3 is 8.91 Å². The predicted molar refractivity (Wildman–Crippen MR) is 47.7 cm³/mol. The summed E-state index contributed by atoms with van der Waals surface area (Å²) in [7, 11) is 5.79. The van der Waals surface area contributed by atoms with E-state index >= 15 is 0 Å². The normalized spacial score (nSPS) is 12.6. The van der Waals surface area contributed by atoms with E-state index in [1.807, 2.05) is 0 Å². The van der Waals surface area contributed by atoms with Gasteiger partial charge in [-0.15, -0.1) is 0 Å². The maximum atomic E-state index is 5.54. The van der Waals surface area contributed by atoms with Crippen molar-refractivity contribution >= 4 is 9.04 Å². The van der Waals surface area contributed by atoms with Crippen molar-refractivity contribution in [1.82, 2.24) is 0 Å². The molecule has 0 aromatic heterocycles. The van der Waals surface area contributed by atoms with E-state index in [0.29, 0.717) is 0 Å². The van der Waals surface area contributed by atoms with Gasteiger partial charge in [-0.05, 0) is 13.1 Å². The molecule has 0 fully saturated rings. The Morgan fingerprint density at radius 1 is 1.20 bits per heavy atom. The van der Waals surface area contributed by atoms with Gasteiger partial charge in [-0.1, -0.05) is 0 Å². The lowest BCUT2D eigenvalue weighted by Gasteiger charge is -2.24. The van der Waals surface area contributed by atoms with Crippen LogP contribution >= 0.6 is 0 Å². The van der Waals surface area contributed by atoms with Gasteiger partial charge in [0.1, 0.15) is 6.54 Å². The number of hydrogen-bond donors (Lipinski definition) is 0. The zero-order valence-corrected chi connectivity index (χ0v) is 9.00. The van der Waals surface area contributed by atoms with Crippen LogP contribution in [0.4, 0.5) is 0 Å². The second-order valence-electron chi connectivity index (χ2n) is 3.93. The van der Waals surface area contributed by atoms with Crippen molar-refractivity contribution in [1.29, 1.82) is 0 Å². The first-order valence-electron chi connectivity index (χ1n) is 3.84. The van der Waals surface area contributed by atoms with Crippen molar-refractivity contribution in [2.75, 3.05) is 34.3 Å². The van der Waals surface area contributed by atoms with Crippen LogP contribution in [0.5, 0.6) is 0 Å². The van der Waals surface area contributed by atoms with Crippen molar-refractivity contribution in [2.24, 2.45) is 0 Å². The molecule has 0 spiro atoms. The zero-order chi connectivity index (χ0) is 8.20. The molecule has 0 aliphatic rings. The van der Waals surface area contributed by atoms with Gasteiger partial charge in [0, 0.05) is 0 Å². The maximum Gasteiger partial charge on any atom is 0.171 e. The lowest BCUT2D eigenvalue weighted by molar-refractivity contribution is -0.870. The fraction of sp³-hybridized carbons (Fsp3) is 1.00. The van der Waals surface area contributed by atoms with E-state index in [4.69, 9.17) is 4.43 Å². The van der Waals surface area contributed by atoms with Crippen molar-refractivity contribution in [3.05, 3.63) is 0 Å². The third-order valence-corrected chi connectivity index (χ3v) is 2.12. The Hall–Kier alpha value is 0.137. The standard InChI is InChI=1S/C7H20NOSi/c1-8(2,3)6-7-9-10(4)5/h10H,6-7H2,1-5H3/q+1. The minimum atomic E-state index is -0.770. The summed E-state index contributed by atoms with van der Waals surface area (Å²) in [5.74, 6) is 0. The van der Waals surface area contributed by atoms with E-state index in [1.165, 1.54) is 0 Å². The molecule has 0 aliphatic carbocycles. The van der Waals surface area contributed by atoms with Crippen molar-refractivity contribution < 1.29 is 8.91 Å². The molecule has 0 bridgehead atoms. The summed E-state index contributed by atoms with van der Waals surface area (Å²) in [6.45, 7) is 6.45. The molecule has 0 atom stereocenters. The summed E-state index contributed by atoms with van der Waals surface area (Å²) in [4.78, 5) is 0. The Balaban J connectivity index is 3.21. The summed E-state index contributed by atoms with van der Waals surface area (Å²) in [5, 5.41) is 0. The van der Waals surface area contributed by atoms with E-state index in [2.05, 4.69) is 34.2 Å². The van der Waals surface area contributed by atoms with Crippen molar-refractivity contribution in [3.63, 3.8) is 0 Å². The van der Waals surface area contributed by atoms with Crippen LogP contribution in [0.15, 0.2) is 0 Å². The molecule has 0 aromatic carbocycles. The first kappa shape index (κ1) is 10.1. The highest BCUT2D eigenvalue weighted by Crippen LogP contribution is 1.90. The highest BCUT2D eigenvalue weighted by molar-refractivity contribution is 6.48. The molecule has 0 heterocycles. The van der Waals surface area contributed by atoms with Crippen LogP contribution in [-0.2, 0) is 4.43 Å². The molecule has 10 heavy (non-hydrogen) atoms. The van der Waals surface area contributed by atoms with Crippen LogP contribution in [0, 0.1) is 0 Å². The predicted octanol–water partition coefficient (Wildman–Crippen LogP) is 0.693. The molecule has 0 radical (unpaired) electrons. The Kier molecular flexibility index (Phi) is 4.16. The average Bonchev–Trinajstić information content (AvgIpc) is 1.59. The van der Waals surface area contributed by atoms with Gasteiger partial charge in [0.15, 0.2) is 9.04 Å². The third-order valence-electron chi connectivity index (χ3n) is 1.21. The van der Waals surface area contributed by atoms with Crippen LogP contribution in [0.3, 0.4) is 0 Å². The summed E-state index contributed by atoms with van der Waals surface area (Å²) in [5.41, 5.74) is 0. The highest BCUT2D eigenvalue weighted by Gasteiger charge is 2.06. The summed E-state index contributed by atoms with van der Waals surface area (Å²) in [6, 6.07) is 0. The number of quaternary nitrogens is 1. The second-order valence-corrected chi connectivity index (χ2v) is 6.36. The number of hydrogen-bond acceptors (Lipinski definition) is 1. The fourth-order valence-corrected chi connectivity index (χ4v) is 1.14. The van der Waals surface area contributed by atoms with Gasteiger partial charge in [-0.25, -0.2) is 0 Å². The molecule has 0 rings (SSSR count). The molecule has 0 amide bonds. The lowest BCUT2D eigenvalue weighted by atomic mass is 10.5. The molecule has 2 nitrogen and oxygen atoms in total. The van der Waals surface area contributed by atoms with Crippen molar-refractivity contribution in [3.8, 4) is 0 Å². The van der Waals surface area contributed by atoms with Crippen LogP contribution in [0.25, 0.3) is 0 Å². The summed E-state index contributed by atoms with van der Waals surface area (Å²) in [6.07, 6.45) is 0. The molecule has 0 aromatic rings. The Morgan fingerprint density at radius 3 is 2.00 bits per heavy atom. The van der Waals surface area contributed by atoms with E-state index < -0.39 is 9.04 Å². The van der Waals surface area contributed by atoms with Gasteiger partial charge in [0.05, 0.1) is 27.7 Å². The third kappa shape index (κ3) is 8.14. The van der Waals surface area contributed by atoms with Gasteiger partial charge in [-0.2, -0.15) is 0 Å². The molecular weight excluding hydrogens is 142 g/mol. The lowest BCUT2D eigenvalue weighted by Crippen LogP contribution is -2.38. The molecule has 0 unspecified atom stereocenters. The van der Waals surface area contributed by atoms with E-state index in [-0.39, 0.29) is 0 Å². The Morgan fingerprint density at radius 2 is 1.70 bits per heavy atom. The van der Waals surface area contributed by atoms with Crippen LogP contribution in [-0.4, -0.2) is 47.8 Å². The fourth-order valence-electron chi connectivity index (χ4n) is 0.562. The SMILES string of the molecule is C[SiH](C)OCC[N+](C)(C)C. The first-order chi connectivity index (χ1) is 4.42. The minimum Gasteiger partial charge on any atom is -0.415 e. The van der Waals surface area contributed by atoms with Gasteiger partial charge in [-0.3, -0.25) is 0 Å². The molecule has 3 heteroatoms. The molecule has 0 saturated carbocycles.